The molecule has 2 aromatic heterocycles. The first-order chi connectivity index (χ1) is 8.70. The summed E-state index contributed by atoms with van der Waals surface area (Å²) in [6, 6.07) is 1.86. The summed E-state index contributed by atoms with van der Waals surface area (Å²) in [6.45, 7) is 4.63. The Labute approximate surface area is 109 Å². The molecule has 2 heterocycles. The van der Waals surface area contributed by atoms with E-state index >= 15 is 0 Å². The van der Waals surface area contributed by atoms with Crippen LogP contribution in [0, 0.1) is 6.92 Å². The quantitative estimate of drug-likeness (QED) is 0.888. The van der Waals surface area contributed by atoms with Crippen molar-refractivity contribution in [3.8, 4) is 0 Å². The summed E-state index contributed by atoms with van der Waals surface area (Å²) < 4.78 is 0. The number of hydrogen-bond donors (Lipinski definition) is 2. The topological polar surface area (TPSA) is 66.9 Å². The highest BCUT2D eigenvalue weighted by molar-refractivity contribution is 7.13. The van der Waals surface area contributed by atoms with Crippen LogP contribution in [0.25, 0.3) is 0 Å². The third-order valence-corrected chi connectivity index (χ3v) is 2.99. The molecule has 0 saturated heterocycles. The lowest BCUT2D eigenvalue weighted by Crippen LogP contribution is -2.15. The molecule has 94 valence electrons. The molecule has 0 atom stereocenters. The summed E-state index contributed by atoms with van der Waals surface area (Å²) in [6.07, 6.45) is 3.23. The summed E-state index contributed by atoms with van der Waals surface area (Å²) in [5.74, 6) is -0.201. The van der Waals surface area contributed by atoms with Crippen LogP contribution in [0.3, 0.4) is 0 Å². The average molecular weight is 262 g/mol. The number of nitrogens with one attached hydrogen (secondary N) is 2. The van der Waals surface area contributed by atoms with Crippen molar-refractivity contribution in [2.24, 2.45) is 0 Å². The van der Waals surface area contributed by atoms with E-state index in [0.29, 0.717) is 10.7 Å². The SMILES string of the molecule is CCNc1cc(C)ncc1C(=O)Nc1nccs1. The Morgan fingerprint density at radius 2 is 2.28 bits per heavy atom. The number of carbonyl (C=O) groups is 1. The van der Waals surface area contributed by atoms with Crippen LogP contribution in [0.4, 0.5) is 10.8 Å². The van der Waals surface area contributed by atoms with Gasteiger partial charge in [-0.3, -0.25) is 15.1 Å². The number of pyridine rings is 1. The minimum absolute atomic E-state index is 0.201. The fourth-order valence-electron chi connectivity index (χ4n) is 1.53. The molecule has 1 amide bonds. The summed E-state index contributed by atoms with van der Waals surface area (Å²) in [4.78, 5) is 20.3. The van der Waals surface area contributed by atoms with Crippen LogP contribution >= 0.6 is 11.3 Å². The fraction of sp³-hybridized carbons (Fsp3) is 0.250. The van der Waals surface area contributed by atoms with Gasteiger partial charge in [0, 0.05) is 30.0 Å². The summed E-state index contributed by atoms with van der Waals surface area (Å²) in [7, 11) is 0. The van der Waals surface area contributed by atoms with Crippen LogP contribution < -0.4 is 10.6 Å². The standard InChI is InChI=1S/C12H14N4OS/c1-3-13-10-6-8(2)15-7-9(10)11(17)16-12-14-4-5-18-12/h4-7H,3H2,1-2H3,(H,13,15)(H,14,16,17). The number of thiazole rings is 1. The molecular formula is C12H14N4OS. The van der Waals surface area contributed by atoms with Crippen molar-refractivity contribution in [1.82, 2.24) is 9.97 Å². The molecule has 0 fully saturated rings. The number of amides is 1. The van der Waals surface area contributed by atoms with Crippen molar-refractivity contribution >= 4 is 28.1 Å². The van der Waals surface area contributed by atoms with Crippen molar-refractivity contribution in [1.29, 1.82) is 0 Å². The zero-order valence-corrected chi connectivity index (χ0v) is 11.0. The second-order valence-corrected chi connectivity index (χ2v) is 4.59. The van der Waals surface area contributed by atoms with Crippen LogP contribution in [0.15, 0.2) is 23.8 Å². The molecule has 2 N–H and O–H groups in total. The molecule has 0 aliphatic rings. The molecule has 0 aliphatic carbocycles. The zero-order valence-electron chi connectivity index (χ0n) is 10.2. The molecule has 2 rings (SSSR count). The molecule has 0 aromatic carbocycles. The van der Waals surface area contributed by atoms with Gasteiger partial charge in [0.25, 0.3) is 5.91 Å². The zero-order chi connectivity index (χ0) is 13.0. The third-order valence-electron chi connectivity index (χ3n) is 2.31. The Balaban J connectivity index is 2.23. The summed E-state index contributed by atoms with van der Waals surface area (Å²) in [5, 5.41) is 8.30. The molecule has 18 heavy (non-hydrogen) atoms. The molecule has 2 aromatic rings. The van der Waals surface area contributed by atoms with Crippen LogP contribution in [-0.4, -0.2) is 22.4 Å². The second-order valence-electron chi connectivity index (χ2n) is 3.69. The molecule has 0 bridgehead atoms. The number of rotatable bonds is 4. The van der Waals surface area contributed by atoms with Gasteiger partial charge in [-0.15, -0.1) is 11.3 Å². The number of aromatic nitrogens is 2. The van der Waals surface area contributed by atoms with E-state index < -0.39 is 0 Å². The van der Waals surface area contributed by atoms with Crippen molar-refractivity contribution in [3.63, 3.8) is 0 Å². The molecule has 0 unspecified atom stereocenters. The first-order valence-electron chi connectivity index (χ1n) is 5.62. The molecule has 5 nitrogen and oxygen atoms in total. The predicted octanol–water partition coefficient (Wildman–Crippen LogP) is 2.53. The van der Waals surface area contributed by atoms with Crippen molar-refractivity contribution in [3.05, 3.63) is 35.1 Å². The van der Waals surface area contributed by atoms with Gasteiger partial charge >= 0.3 is 0 Å². The van der Waals surface area contributed by atoms with Crippen molar-refractivity contribution < 1.29 is 4.79 Å². The van der Waals surface area contributed by atoms with E-state index in [1.165, 1.54) is 11.3 Å². The number of carbonyl (C=O) groups excluding carboxylic acids is 1. The first kappa shape index (κ1) is 12.5. The van der Waals surface area contributed by atoms with Gasteiger partial charge in [-0.25, -0.2) is 4.98 Å². The first-order valence-corrected chi connectivity index (χ1v) is 6.50. The molecule has 0 aliphatic heterocycles. The van der Waals surface area contributed by atoms with E-state index in [2.05, 4.69) is 20.6 Å². The molecule has 6 heteroatoms. The van der Waals surface area contributed by atoms with E-state index in [4.69, 9.17) is 0 Å². The van der Waals surface area contributed by atoms with Gasteiger partial charge in [-0.05, 0) is 19.9 Å². The Kier molecular flexibility index (Phi) is 3.88. The lowest BCUT2D eigenvalue weighted by Gasteiger charge is -2.10. The summed E-state index contributed by atoms with van der Waals surface area (Å²) >= 11 is 1.38. The molecule has 0 spiro atoms. The minimum Gasteiger partial charge on any atom is -0.385 e. The number of aryl methyl sites for hydroxylation is 1. The van der Waals surface area contributed by atoms with Gasteiger partial charge in [-0.1, -0.05) is 0 Å². The van der Waals surface area contributed by atoms with E-state index in [-0.39, 0.29) is 5.91 Å². The lowest BCUT2D eigenvalue weighted by atomic mass is 10.2. The normalized spacial score (nSPS) is 10.1. The van der Waals surface area contributed by atoms with Crippen LogP contribution in [-0.2, 0) is 0 Å². The average Bonchev–Trinajstić information content (AvgIpc) is 2.82. The van der Waals surface area contributed by atoms with Gasteiger partial charge in [-0.2, -0.15) is 0 Å². The van der Waals surface area contributed by atoms with Gasteiger partial charge < -0.3 is 5.32 Å². The van der Waals surface area contributed by atoms with Gasteiger partial charge in [0.15, 0.2) is 5.13 Å². The molecule has 0 saturated carbocycles. The smallest absolute Gasteiger partial charge is 0.261 e. The largest absolute Gasteiger partial charge is 0.385 e. The predicted molar refractivity (Wildman–Crippen MR) is 73.2 cm³/mol. The Morgan fingerprint density at radius 1 is 1.44 bits per heavy atom. The van der Waals surface area contributed by atoms with Gasteiger partial charge in [0.2, 0.25) is 0 Å². The molecule has 0 radical (unpaired) electrons. The van der Waals surface area contributed by atoms with Crippen molar-refractivity contribution in [2.75, 3.05) is 17.2 Å². The highest BCUT2D eigenvalue weighted by Gasteiger charge is 2.13. The fourth-order valence-corrected chi connectivity index (χ4v) is 2.05. The van der Waals surface area contributed by atoms with Crippen LogP contribution in [0.1, 0.15) is 23.0 Å². The second kappa shape index (κ2) is 5.59. The third kappa shape index (κ3) is 2.84. The molecular weight excluding hydrogens is 248 g/mol. The van der Waals surface area contributed by atoms with E-state index in [1.54, 1.807) is 12.4 Å². The lowest BCUT2D eigenvalue weighted by molar-refractivity contribution is 0.102. The highest BCUT2D eigenvalue weighted by Crippen LogP contribution is 2.18. The monoisotopic (exact) mass is 262 g/mol. The minimum atomic E-state index is -0.201. The summed E-state index contributed by atoms with van der Waals surface area (Å²) in [5.41, 5.74) is 2.19. The maximum absolute atomic E-state index is 12.1. The number of hydrogen-bond acceptors (Lipinski definition) is 5. The Bertz CT molecular complexity index is 539. The maximum Gasteiger partial charge on any atom is 0.261 e. The highest BCUT2D eigenvalue weighted by atomic mass is 32.1. The Hall–Kier alpha value is -1.95. The van der Waals surface area contributed by atoms with E-state index in [9.17, 15) is 4.79 Å². The number of nitrogens with zero attached hydrogens (tertiary/aromatic N) is 2. The van der Waals surface area contributed by atoms with E-state index in [1.807, 2.05) is 25.3 Å². The maximum atomic E-state index is 12.1. The van der Waals surface area contributed by atoms with Crippen molar-refractivity contribution in [2.45, 2.75) is 13.8 Å². The van der Waals surface area contributed by atoms with E-state index in [0.717, 1.165) is 17.9 Å². The van der Waals surface area contributed by atoms with Crippen LogP contribution in [0.2, 0.25) is 0 Å². The van der Waals surface area contributed by atoms with Gasteiger partial charge in [0.05, 0.1) is 11.3 Å². The Morgan fingerprint density at radius 3 is 2.94 bits per heavy atom. The van der Waals surface area contributed by atoms with Crippen LogP contribution in [0.5, 0.6) is 0 Å². The van der Waals surface area contributed by atoms with Gasteiger partial charge in [0.1, 0.15) is 0 Å². The number of anilines is 2.